The second-order valence-corrected chi connectivity index (χ2v) is 6.99. The molecule has 0 aliphatic carbocycles. The highest BCUT2D eigenvalue weighted by atomic mass is 16.5. The average Bonchev–Trinajstić information content (AvgIpc) is 3.23. The molecule has 2 heterocycles. The molecule has 8 heteroatoms. The second kappa shape index (κ2) is 10.4. The van der Waals surface area contributed by atoms with E-state index in [0.29, 0.717) is 24.4 Å². The van der Waals surface area contributed by atoms with Crippen molar-refractivity contribution in [3.63, 3.8) is 0 Å². The molecule has 1 amide bonds. The van der Waals surface area contributed by atoms with Gasteiger partial charge in [0.25, 0.3) is 5.91 Å². The number of pyridine rings is 1. The van der Waals surface area contributed by atoms with E-state index in [1.807, 2.05) is 24.3 Å². The Morgan fingerprint density at radius 2 is 1.97 bits per heavy atom. The van der Waals surface area contributed by atoms with Crippen LogP contribution in [-0.2, 0) is 17.6 Å². The SMILES string of the molecule is CCCCCOc1cc(CCc2ccccc2)n2ncnc2c1C(=O)NCC(=O)O. The number of nitrogens with one attached hydrogen (secondary N) is 1. The number of aromatic nitrogens is 3. The van der Waals surface area contributed by atoms with Gasteiger partial charge in [0.2, 0.25) is 0 Å². The Balaban J connectivity index is 1.92. The fourth-order valence-corrected chi connectivity index (χ4v) is 3.22. The van der Waals surface area contributed by atoms with Gasteiger partial charge in [-0.15, -0.1) is 0 Å². The molecule has 3 rings (SSSR count). The van der Waals surface area contributed by atoms with Gasteiger partial charge in [0.15, 0.2) is 5.65 Å². The number of carboxylic acid groups (broad SMARTS) is 1. The molecule has 2 aromatic heterocycles. The molecule has 0 atom stereocenters. The van der Waals surface area contributed by atoms with E-state index >= 15 is 0 Å². The highest BCUT2D eigenvalue weighted by Crippen LogP contribution is 2.26. The van der Waals surface area contributed by atoms with Crippen molar-refractivity contribution in [2.75, 3.05) is 13.2 Å². The number of fused-ring (bicyclic) bond motifs is 1. The van der Waals surface area contributed by atoms with Gasteiger partial charge in [-0.1, -0.05) is 50.1 Å². The van der Waals surface area contributed by atoms with Crippen LogP contribution in [0.25, 0.3) is 5.65 Å². The predicted molar refractivity (Wildman–Crippen MR) is 112 cm³/mol. The molecule has 1 aromatic carbocycles. The van der Waals surface area contributed by atoms with Gasteiger partial charge in [0, 0.05) is 11.8 Å². The number of hydrogen-bond acceptors (Lipinski definition) is 5. The number of aliphatic carboxylic acids is 1. The third-order valence-corrected chi connectivity index (χ3v) is 4.73. The molecule has 3 aromatic rings. The summed E-state index contributed by atoms with van der Waals surface area (Å²) in [4.78, 5) is 27.8. The Bertz CT molecular complexity index is 1000. The van der Waals surface area contributed by atoms with Crippen LogP contribution in [0.4, 0.5) is 0 Å². The molecule has 30 heavy (non-hydrogen) atoms. The number of unbranched alkanes of at least 4 members (excludes halogenated alkanes) is 2. The summed E-state index contributed by atoms with van der Waals surface area (Å²) in [7, 11) is 0. The molecular formula is C22H26N4O4. The Kier molecular flexibility index (Phi) is 7.37. The minimum Gasteiger partial charge on any atom is -0.493 e. The summed E-state index contributed by atoms with van der Waals surface area (Å²) in [5.41, 5.74) is 2.62. The zero-order valence-electron chi connectivity index (χ0n) is 17.0. The lowest BCUT2D eigenvalue weighted by Gasteiger charge is -2.15. The summed E-state index contributed by atoms with van der Waals surface area (Å²) in [6.45, 7) is 2.09. The first-order valence-corrected chi connectivity index (χ1v) is 10.1. The van der Waals surface area contributed by atoms with Gasteiger partial charge in [-0.05, 0) is 24.8 Å². The summed E-state index contributed by atoms with van der Waals surface area (Å²) in [5.74, 6) is -1.27. The number of nitrogens with zero attached hydrogens (tertiary/aromatic N) is 3. The number of aryl methyl sites for hydroxylation is 2. The first kappa shape index (κ1) is 21.3. The van der Waals surface area contributed by atoms with Gasteiger partial charge in [-0.3, -0.25) is 9.59 Å². The fraction of sp³-hybridized carbons (Fsp3) is 0.364. The highest BCUT2D eigenvalue weighted by Gasteiger charge is 2.22. The van der Waals surface area contributed by atoms with E-state index < -0.39 is 18.4 Å². The largest absolute Gasteiger partial charge is 0.493 e. The van der Waals surface area contributed by atoms with Crippen LogP contribution >= 0.6 is 0 Å². The van der Waals surface area contributed by atoms with E-state index in [9.17, 15) is 9.59 Å². The zero-order valence-corrected chi connectivity index (χ0v) is 17.0. The quantitative estimate of drug-likeness (QED) is 0.471. The van der Waals surface area contributed by atoms with Crippen LogP contribution in [0.1, 0.15) is 47.8 Å². The molecule has 0 aliphatic heterocycles. The lowest BCUT2D eigenvalue weighted by Crippen LogP contribution is -2.30. The molecular weight excluding hydrogens is 384 g/mol. The molecule has 0 radical (unpaired) electrons. The Morgan fingerprint density at radius 3 is 2.70 bits per heavy atom. The summed E-state index contributed by atoms with van der Waals surface area (Å²) < 4.78 is 7.57. The molecule has 0 aliphatic rings. The van der Waals surface area contributed by atoms with Crippen molar-refractivity contribution in [2.45, 2.75) is 39.0 Å². The van der Waals surface area contributed by atoms with Crippen LogP contribution in [0.15, 0.2) is 42.7 Å². The van der Waals surface area contributed by atoms with Crippen molar-refractivity contribution >= 4 is 17.5 Å². The van der Waals surface area contributed by atoms with Crippen LogP contribution in [0.2, 0.25) is 0 Å². The Morgan fingerprint density at radius 1 is 1.17 bits per heavy atom. The topological polar surface area (TPSA) is 106 Å². The molecule has 0 unspecified atom stereocenters. The molecule has 2 N–H and O–H groups in total. The fourth-order valence-electron chi connectivity index (χ4n) is 3.22. The van der Waals surface area contributed by atoms with Crippen molar-refractivity contribution in [1.29, 1.82) is 0 Å². The minimum atomic E-state index is -1.12. The Labute approximate surface area is 174 Å². The number of amides is 1. The molecule has 158 valence electrons. The average molecular weight is 410 g/mol. The standard InChI is InChI=1S/C22H26N4O4/c1-2-3-7-12-30-18-13-17(11-10-16-8-5-4-6-9-16)26-21(24-15-25-26)20(18)22(29)23-14-19(27)28/h4-6,8-9,13,15H,2-3,7,10-12,14H2,1H3,(H,23,29)(H,27,28). The van der Waals surface area contributed by atoms with Crippen LogP contribution in [0, 0.1) is 0 Å². The van der Waals surface area contributed by atoms with Crippen LogP contribution in [0.3, 0.4) is 0 Å². The summed E-state index contributed by atoms with van der Waals surface area (Å²) >= 11 is 0. The number of benzene rings is 1. The van der Waals surface area contributed by atoms with Gasteiger partial charge < -0.3 is 15.2 Å². The Hall–Kier alpha value is -3.42. The number of carbonyl (C=O) groups is 2. The molecule has 0 saturated heterocycles. The maximum atomic E-state index is 12.7. The third kappa shape index (κ3) is 5.34. The van der Waals surface area contributed by atoms with Crippen molar-refractivity contribution in [3.8, 4) is 5.75 Å². The first-order valence-electron chi connectivity index (χ1n) is 10.1. The van der Waals surface area contributed by atoms with Crippen molar-refractivity contribution in [1.82, 2.24) is 19.9 Å². The summed E-state index contributed by atoms with van der Waals surface area (Å²) in [6, 6.07) is 11.9. The molecule has 0 saturated carbocycles. The van der Waals surface area contributed by atoms with Gasteiger partial charge in [-0.2, -0.15) is 5.10 Å². The summed E-state index contributed by atoms with van der Waals surface area (Å²) in [6.07, 6.45) is 5.82. The van der Waals surface area contributed by atoms with Crippen LogP contribution < -0.4 is 10.1 Å². The number of carboxylic acids is 1. The van der Waals surface area contributed by atoms with Gasteiger partial charge >= 0.3 is 5.97 Å². The van der Waals surface area contributed by atoms with Gasteiger partial charge in [-0.25, -0.2) is 9.50 Å². The lowest BCUT2D eigenvalue weighted by atomic mass is 10.1. The second-order valence-electron chi connectivity index (χ2n) is 6.99. The number of carbonyl (C=O) groups excluding carboxylic acids is 1. The van der Waals surface area contributed by atoms with E-state index in [1.165, 1.54) is 11.9 Å². The maximum absolute atomic E-state index is 12.7. The van der Waals surface area contributed by atoms with E-state index in [2.05, 4.69) is 34.5 Å². The first-order chi connectivity index (χ1) is 14.6. The number of rotatable bonds is 11. The van der Waals surface area contributed by atoms with Gasteiger partial charge in [0.1, 0.15) is 24.2 Å². The number of hydrogen-bond donors (Lipinski definition) is 2. The maximum Gasteiger partial charge on any atom is 0.322 e. The van der Waals surface area contributed by atoms with E-state index in [0.717, 1.165) is 31.4 Å². The molecule has 0 fully saturated rings. The number of ether oxygens (including phenoxy) is 1. The normalized spacial score (nSPS) is 10.8. The molecule has 0 bridgehead atoms. The van der Waals surface area contributed by atoms with E-state index in [1.54, 1.807) is 4.52 Å². The van der Waals surface area contributed by atoms with Crippen molar-refractivity contribution in [2.24, 2.45) is 0 Å². The van der Waals surface area contributed by atoms with Crippen molar-refractivity contribution in [3.05, 3.63) is 59.5 Å². The molecule has 8 nitrogen and oxygen atoms in total. The van der Waals surface area contributed by atoms with Crippen LogP contribution in [-0.4, -0.2) is 44.7 Å². The summed E-state index contributed by atoms with van der Waals surface area (Å²) in [5, 5.41) is 15.6. The van der Waals surface area contributed by atoms with E-state index in [-0.39, 0.29) is 5.56 Å². The third-order valence-electron chi connectivity index (χ3n) is 4.73. The highest BCUT2D eigenvalue weighted by molar-refractivity contribution is 6.03. The van der Waals surface area contributed by atoms with Gasteiger partial charge in [0.05, 0.1) is 6.61 Å². The molecule has 0 spiro atoms. The zero-order chi connectivity index (χ0) is 21.3. The smallest absolute Gasteiger partial charge is 0.322 e. The van der Waals surface area contributed by atoms with Crippen molar-refractivity contribution < 1.29 is 19.4 Å². The minimum absolute atomic E-state index is 0.203. The van der Waals surface area contributed by atoms with Crippen LogP contribution in [0.5, 0.6) is 5.75 Å². The monoisotopic (exact) mass is 410 g/mol. The van der Waals surface area contributed by atoms with E-state index in [4.69, 9.17) is 9.84 Å². The lowest BCUT2D eigenvalue weighted by molar-refractivity contribution is -0.135. The predicted octanol–water partition coefficient (Wildman–Crippen LogP) is 2.90.